The van der Waals surface area contributed by atoms with Crippen molar-refractivity contribution >= 4 is 23.1 Å². The van der Waals surface area contributed by atoms with E-state index in [9.17, 15) is 4.79 Å². The molecule has 6 heteroatoms. The van der Waals surface area contributed by atoms with Crippen LogP contribution < -0.4 is 14.3 Å². The van der Waals surface area contributed by atoms with Crippen LogP contribution in [-0.2, 0) is 6.61 Å². The lowest BCUT2D eigenvalue weighted by atomic mass is 9.75. The lowest BCUT2D eigenvalue weighted by Crippen LogP contribution is -2.33. The normalized spacial score (nSPS) is 28.2. The monoisotopic (exact) mass is 451 g/mol. The van der Waals surface area contributed by atoms with E-state index in [1.54, 1.807) is 7.11 Å². The van der Waals surface area contributed by atoms with Gasteiger partial charge in [0.1, 0.15) is 6.61 Å². The van der Waals surface area contributed by atoms with Crippen molar-refractivity contribution in [3.05, 3.63) is 74.2 Å². The maximum atomic E-state index is 12.2. The molecule has 2 bridgehead atoms. The minimum Gasteiger partial charge on any atom is -0.493 e. The zero-order chi connectivity index (χ0) is 20.9. The molecule has 2 saturated carbocycles. The molecule has 160 valence electrons. The maximum absolute atomic E-state index is 12.2. The minimum atomic E-state index is 0.0598. The number of ether oxygens (including phenoxy) is 2. The Morgan fingerprint density at radius 3 is 2.74 bits per heavy atom. The smallest absolute Gasteiger partial charge is 0.305 e. The first-order valence-corrected chi connectivity index (χ1v) is 12.6. The second-order valence-electron chi connectivity index (χ2n) is 8.86. The van der Waals surface area contributed by atoms with Gasteiger partial charge in [0.05, 0.1) is 12.1 Å². The van der Waals surface area contributed by atoms with Crippen molar-refractivity contribution in [2.75, 3.05) is 7.11 Å². The van der Waals surface area contributed by atoms with E-state index in [0.29, 0.717) is 17.8 Å². The van der Waals surface area contributed by atoms with Gasteiger partial charge in [-0.05, 0) is 60.3 Å². The first kappa shape index (κ1) is 19.5. The number of methoxy groups -OCH3 is 1. The van der Waals surface area contributed by atoms with Crippen molar-refractivity contribution in [3.63, 3.8) is 0 Å². The lowest BCUT2D eigenvalue weighted by molar-refractivity contribution is 0.282. The van der Waals surface area contributed by atoms with Crippen molar-refractivity contribution in [1.29, 1.82) is 0 Å². The Bertz CT molecular complexity index is 1160. The highest BCUT2D eigenvalue weighted by atomic mass is 32.2. The second kappa shape index (κ2) is 7.75. The summed E-state index contributed by atoms with van der Waals surface area (Å²) in [6, 6.07) is 16.5. The quantitative estimate of drug-likeness (QED) is 0.543. The Morgan fingerprint density at radius 1 is 1.06 bits per heavy atom. The third kappa shape index (κ3) is 3.31. The van der Waals surface area contributed by atoms with E-state index >= 15 is 0 Å². The Morgan fingerprint density at radius 2 is 1.90 bits per heavy atom. The average Bonchev–Trinajstić information content (AvgIpc) is 3.51. The van der Waals surface area contributed by atoms with Crippen molar-refractivity contribution in [1.82, 2.24) is 4.98 Å². The largest absolute Gasteiger partial charge is 0.493 e. The number of hydrogen-bond donors (Lipinski definition) is 1. The summed E-state index contributed by atoms with van der Waals surface area (Å²) >= 11 is 3.32. The molecule has 3 aliphatic rings. The number of nitrogens with one attached hydrogen (secondary N) is 1. The molecule has 0 unspecified atom stereocenters. The second-order valence-corrected chi connectivity index (χ2v) is 11.1. The Hall–Kier alpha value is -2.18. The number of thioether (sulfide) groups is 1. The molecule has 2 heterocycles. The van der Waals surface area contributed by atoms with E-state index in [1.165, 1.54) is 41.0 Å². The Balaban J connectivity index is 1.35. The molecule has 1 aliphatic heterocycles. The van der Waals surface area contributed by atoms with Gasteiger partial charge >= 0.3 is 4.87 Å². The van der Waals surface area contributed by atoms with Gasteiger partial charge in [0.15, 0.2) is 11.5 Å². The number of H-pyrrole nitrogens is 1. The van der Waals surface area contributed by atoms with Gasteiger partial charge in [0.2, 0.25) is 0 Å². The molecule has 2 aromatic carbocycles. The molecule has 4 nitrogen and oxygen atoms in total. The molecule has 0 amide bonds. The van der Waals surface area contributed by atoms with E-state index < -0.39 is 0 Å². The van der Waals surface area contributed by atoms with Gasteiger partial charge in [0, 0.05) is 16.0 Å². The van der Waals surface area contributed by atoms with Gasteiger partial charge in [-0.25, -0.2) is 0 Å². The number of thiazole rings is 1. The van der Waals surface area contributed by atoms with E-state index in [2.05, 4.69) is 29.2 Å². The zero-order valence-corrected chi connectivity index (χ0v) is 19.0. The summed E-state index contributed by atoms with van der Waals surface area (Å²) in [6.07, 6.45) is 4.01. The summed E-state index contributed by atoms with van der Waals surface area (Å²) in [6.45, 7) is 0.509. The average molecular weight is 452 g/mol. The first-order valence-electron chi connectivity index (χ1n) is 11.0. The van der Waals surface area contributed by atoms with Gasteiger partial charge in [-0.3, -0.25) is 4.79 Å². The number of fused-ring (bicyclic) bond motifs is 6. The van der Waals surface area contributed by atoms with Crippen LogP contribution in [0.3, 0.4) is 0 Å². The van der Waals surface area contributed by atoms with Crippen LogP contribution in [0.5, 0.6) is 11.5 Å². The van der Waals surface area contributed by atoms with Crippen molar-refractivity contribution in [3.8, 4) is 11.5 Å². The Labute approximate surface area is 190 Å². The highest BCUT2D eigenvalue weighted by Gasteiger charge is 2.54. The number of benzene rings is 2. The van der Waals surface area contributed by atoms with Crippen LogP contribution in [0, 0.1) is 17.8 Å². The molecule has 0 radical (unpaired) electrons. The van der Waals surface area contributed by atoms with Crippen LogP contribution in [0.4, 0.5) is 0 Å². The van der Waals surface area contributed by atoms with Crippen molar-refractivity contribution in [2.24, 2.45) is 17.8 Å². The molecule has 6 rings (SSSR count). The van der Waals surface area contributed by atoms with Crippen LogP contribution in [0.25, 0.3) is 0 Å². The summed E-state index contributed by atoms with van der Waals surface area (Å²) in [4.78, 5) is 16.6. The van der Waals surface area contributed by atoms with Gasteiger partial charge < -0.3 is 14.5 Å². The predicted molar refractivity (Wildman–Crippen MR) is 125 cm³/mol. The van der Waals surface area contributed by atoms with Crippen molar-refractivity contribution < 1.29 is 9.47 Å². The molecule has 31 heavy (non-hydrogen) atoms. The van der Waals surface area contributed by atoms with Gasteiger partial charge in [0.25, 0.3) is 0 Å². The first-order chi connectivity index (χ1) is 15.2. The summed E-state index contributed by atoms with van der Waals surface area (Å²) in [5.74, 6) is 3.93. The predicted octanol–water partition coefficient (Wildman–Crippen LogP) is 5.68. The lowest BCUT2D eigenvalue weighted by Gasteiger charge is -2.40. The van der Waals surface area contributed by atoms with Crippen molar-refractivity contribution in [2.45, 2.75) is 42.1 Å². The summed E-state index contributed by atoms with van der Waals surface area (Å²) in [7, 11) is 1.70. The van der Waals surface area contributed by atoms with Crippen LogP contribution in [0.2, 0.25) is 0 Å². The SMILES string of the molecule is COc1cc([C@@H]2c3sc(=O)[nH]c3S[C@@H]3[C@@H]4CC[C@H](C4)[C@H]23)ccc1OCc1ccccc1. The van der Waals surface area contributed by atoms with Gasteiger partial charge in [-0.2, -0.15) is 0 Å². The molecule has 1 aromatic heterocycles. The fraction of sp³-hybridized carbons (Fsp3) is 0.400. The summed E-state index contributed by atoms with van der Waals surface area (Å²) in [5.41, 5.74) is 2.37. The maximum Gasteiger partial charge on any atom is 0.305 e. The standard InChI is InChI=1S/C25H25NO3S2/c1-28-19-12-16(9-10-18(19)29-13-14-5-3-2-4-6-14)21-20-15-7-8-17(11-15)22(20)30-24-23(21)31-25(27)26-24/h2-6,9-10,12,15,17,20-22H,7-8,11,13H2,1H3,(H,26,27)/t15-,17-,20-,21+,22-/m1/s1. The number of aromatic nitrogens is 1. The fourth-order valence-electron chi connectivity index (χ4n) is 5.95. The number of aromatic amines is 1. The van der Waals surface area contributed by atoms with Gasteiger partial charge in [-0.1, -0.05) is 47.7 Å². The molecule has 0 saturated heterocycles. The number of hydrogen-bond acceptors (Lipinski definition) is 5. The third-order valence-electron chi connectivity index (χ3n) is 7.25. The van der Waals surface area contributed by atoms with Gasteiger partial charge in [-0.15, -0.1) is 11.8 Å². The van der Waals surface area contributed by atoms with Crippen LogP contribution >= 0.6 is 23.1 Å². The van der Waals surface area contributed by atoms with Crippen LogP contribution in [0.1, 0.15) is 41.2 Å². The highest BCUT2D eigenvalue weighted by molar-refractivity contribution is 8.00. The molecular formula is C25H25NO3S2. The molecule has 5 atom stereocenters. The topological polar surface area (TPSA) is 51.3 Å². The summed E-state index contributed by atoms with van der Waals surface area (Å²) in [5, 5.41) is 1.71. The zero-order valence-electron chi connectivity index (χ0n) is 17.4. The van der Waals surface area contributed by atoms with E-state index in [-0.39, 0.29) is 10.8 Å². The van der Waals surface area contributed by atoms with Crippen LogP contribution in [0.15, 0.2) is 58.4 Å². The molecular weight excluding hydrogens is 426 g/mol. The van der Waals surface area contributed by atoms with E-state index in [0.717, 1.165) is 33.9 Å². The minimum absolute atomic E-state index is 0.0598. The van der Waals surface area contributed by atoms with E-state index in [1.807, 2.05) is 36.0 Å². The molecule has 3 aromatic rings. The Kier molecular flexibility index (Phi) is 4.87. The molecule has 0 spiro atoms. The fourth-order valence-corrected chi connectivity index (χ4v) is 8.85. The molecule has 1 N–H and O–H groups in total. The molecule has 2 aliphatic carbocycles. The van der Waals surface area contributed by atoms with E-state index in [4.69, 9.17) is 9.47 Å². The number of rotatable bonds is 5. The molecule has 2 fully saturated rings. The van der Waals surface area contributed by atoms with Crippen LogP contribution in [-0.4, -0.2) is 17.3 Å². The third-order valence-corrected chi connectivity index (χ3v) is 9.87. The highest BCUT2D eigenvalue weighted by Crippen LogP contribution is 2.63. The summed E-state index contributed by atoms with van der Waals surface area (Å²) < 4.78 is 11.8.